The molecule has 15 heavy (non-hydrogen) atoms. The number of aliphatic hydroxyl groups excluding tert-OH is 1. The lowest BCUT2D eigenvalue weighted by Crippen LogP contribution is -2.27. The molecule has 1 heterocycles. The van der Waals surface area contributed by atoms with E-state index in [0.29, 0.717) is 0 Å². The number of carbonyl (C=O) groups excluding carboxylic acids is 1. The van der Waals surface area contributed by atoms with Crippen LogP contribution in [-0.4, -0.2) is 42.3 Å². The van der Waals surface area contributed by atoms with Gasteiger partial charge in [0, 0.05) is 13.2 Å². The molecule has 2 unspecified atom stereocenters. The topological polar surface area (TPSA) is 49.8 Å². The number of rotatable bonds is 5. The summed E-state index contributed by atoms with van der Waals surface area (Å²) in [4.78, 5) is 11.9. The molecule has 0 aromatic carbocycles. The van der Waals surface area contributed by atoms with E-state index in [9.17, 15) is 4.79 Å². The number of hydrogen-bond donors (Lipinski definition) is 1. The normalized spacial score (nSPS) is 26.5. The van der Waals surface area contributed by atoms with Gasteiger partial charge >= 0.3 is 0 Å². The summed E-state index contributed by atoms with van der Waals surface area (Å²) in [5, 5.41) is 8.90. The van der Waals surface area contributed by atoms with E-state index in [1.54, 1.807) is 12.2 Å². The quantitative estimate of drug-likeness (QED) is 0.413. The molecule has 1 N–H and O–H groups in total. The number of carbonyl (C=O) groups is 1. The van der Waals surface area contributed by atoms with Crippen LogP contribution in [0, 0.1) is 0 Å². The molecule has 1 aliphatic heterocycles. The molecule has 0 aliphatic carbocycles. The van der Waals surface area contributed by atoms with Crippen molar-refractivity contribution >= 4 is 6.29 Å². The SMILES string of the molecule is CN(/C=C\C=C/C=O)C1CCC(CO)O1. The van der Waals surface area contributed by atoms with Crippen LogP contribution in [0.3, 0.4) is 0 Å². The van der Waals surface area contributed by atoms with Gasteiger partial charge in [0.2, 0.25) is 0 Å². The van der Waals surface area contributed by atoms with Crippen LogP contribution in [0.15, 0.2) is 24.4 Å². The van der Waals surface area contributed by atoms with Gasteiger partial charge in [-0.3, -0.25) is 4.79 Å². The highest BCUT2D eigenvalue weighted by molar-refractivity contribution is 5.65. The molecular formula is C11H17NO3. The van der Waals surface area contributed by atoms with Crippen molar-refractivity contribution in [3.05, 3.63) is 24.4 Å². The maximum absolute atomic E-state index is 10.0. The molecule has 0 aromatic heterocycles. The summed E-state index contributed by atoms with van der Waals surface area (Å²) in [6, 6.07) is 0. The molecule has 0 spiro atoms. The number of aliphatic hydroxyl groups is 1. The van der Waals surface area contributed by atoms with Crippen LogP contribution in [0.1, 0.15) is 12.8 Å². The monoisotopic (exact) mass is 211 g/mol. The summed E-state index contributed by atoms with van der Waals surface area (Å²) in [5.74, 6) is 0. The minimum atomic E-state index is -0.0311. The summed E-state index contributed by atoms with van der Waals surface area (Å²) >= 11 is 0. The Morgan fingerprint density at radius 2 is 2.20 bits per heavy atom. The van der Waals surface area contributed by atoms with Gasteiger partial charge in [-0.25, -0.2) is 0 Å². The van der Waals surface area contributed by atoms with Gasteiger partial charge in [0.25, 0.3) is 0 Å². The molecule has 1 saturated heterocycles. The van der Waals surface area contributed by atoms with Crippen molar-refractivity contribution in [2.75, 3.05) is 13.7 Å². The molecule has 4 heteroatoms. The lowest BCUT2D eigenvalue weighted by Gasteiger charge is -2.22. The van der Waals surface area contributed by atoms with Crippen molar-refractivity contribution in [3.63, 3.8) is 0 Å². The maximum Gasteiger partial charge on any atom is 0.142 e. The molecule has 0 bridgehead atoms. The highest BCUT2D eigenvalue weighted by Crippen LogP contribution is 2.21. The Labute approximate surface area is 89.8 Å². The number of aldehydes is 1. The number of nitrogens with zero attached hydrogens (tertiary/aromatic N) is 1. The van der Waals surface area contributed by atoms with E-state index < -0.39 is 0 Å². The average molecular weight is 211 g/mol. The van der Waals surface area contributed by atoms with Gasteiger partial charge in [0.1, 0.15) is 12.5 Å². The zero-order chi connectivity index (χ0) is 11.1. The summed E-state index contributed by atoms with van der Waals surface area (Å²) in [6.45, 7) is 0.0824. The molecule has 0 saturated carbocycles. The van der Waals surface area contributed by atoms with Gasteiger partial charge < -0.3 is 14.7 Å². The van der Waals surface area contributed by atoms with Gasteiger partial charge in [-0.15, -0.1) is 0 Å². The summed E-state index contributed by atoms with van der Waals surface area (Å²) in [7, 11) is 1.91. The molecule has 4 nitrogen and oxygen atoms in total. The predicted octanol–water partition coefficient (Wildman–Crippen LogP) is 0.684. The third-order valence-electron chi connectivity index (χ3n) is 2.37. The van der Waals surface area contributed by atoms with E-state index in [1.807, 2.05) is 18.1 Å². The third-order valence-corrected chi connectivity index (χ3v) is 2.37. The van der Waals surface area contributed by atoms with Crippen LogP contribution in [0.4, 0.5) is 0 Å². The van der Waals surface area contributed by atoms with E-state index in [2.05, 4.69) is 0 Å². The maximum atomic E-state index is 10.0. The largest absolute Gasteiger partial charge is 0.394 e. The smallest absolute Gasteiger partial charge is 0.142 e. The second-order valence-corrected chi connectivity index (χ2v) is 3.50. The zero-order valence-corrected chi connectivity index (χ0v) is 8.87. The Bertz CT molecular complexity index is 250. The summed E-state index contributed by atoms with van der Waals surface area (Å²) < 4.78 is 5.56. The van der Waals surface area contributed by atoms with Gasteiger partial charge in [0.05, 0.1) is 12.7 Å². The Hall–Kier alpha value is -1.13. The highest BCUT2D eigenvalue weighted by atomic mass is 16.5. The Morgan fingerprint density at radius 1 is 1.40 bits per heavy atom. The fraction of sp³-hybridized carbons (Fsp3) is 0.545. The van der Waals surface area contributed by atoms with Crippen molar-refractivity contribution in [2.45, 2.75) is 25.2 Å². The lowest BCUT2D eigenvalue weighted by atomic mass is 10.2. The second kappa shape index (κ2) is 6.37. The Kier molecular flexibility index (Phi) is 5.07. The van der Waals surface area contributed by atoms with E-state index in [1.165, 1.54) is 6.08 Å². The molecule has 1 fully saturated rings. The van der Waals surface area contributed by atoms with Crippen molar-refractivity contribution < 1.29 is 14.6 Å². The third kappa shape index (κ3) is 3.85. The highest BCUT2D eigenvalue weighted by Gasteiger charge is 2.26. The lowest BCUT2D eigenvalue weighted by molar-refractivity contribution is -0.104. The van der Waals surface area contributed by atoms with E-state index in [0.717, 1.165) is 19.1 Å². The molecule has 0 radical (unpaired) electrons. The van der Waals surface area contributed by atoms with Crippen molar-refractivity contribution in [1.29, 1.82) is 0 Å². The van der Waals surface area contributed by atoms with Crippen LogP contribution in [0.25, 0.3) is 0 Å². The zero-order valence-electron chi connectivity index (χ0n) is 8.87. The molecular weight excluding hydrogens is 194 g/mol. The summed E-state index contributed by atoms with van der Waals surface area (Å²) in [6.07, 6.45) is 9.28. The van der Waals surface area contributed by atoms with Crippen LogP contribution >= 0.6 is 0 Å². The molecule has 0 aromatic rings. The van der Waals surface area contributed by atoms with Gasteiger partial charge in [0.15, 0.2) is 0 Å². The first-order chi connectivity index (χ1) is 7.27. The number of allylic oxidation sites excluding steroid dienone is 3. The van der Waals surface area contributed by atoms with Gasteiger partial charge in [-0.2, -0.15) is 0 Å². The van der Waals surface area contributed by atoms with Gasteiger partial charge in [-0.1, -0.05) is 6.08 Å². The van der Waals surface area contributed by atoms with Crippen LogP contribution in [0.2, 0.25) is 0 Å². The summed E-state index contributed by atoms with van der Waals surface area (Å²) in [5.41, 5.74) is 0. The van der Waals surface area contributed by atoms with Crippen molar-refractivity contribution in [1.82, 2.24) is 4.90 Å². The standard InChI is InChI=1S/C11H17NO3/c1-12(7-3-2-4-8-13)11-6-5-10(9-14)15-11/h2-4,7-8,10-11,14H,5-6,9H2,1H3/b4-2-,7-3-. The second-order valence-electron chi connectivity index (χ2n) is 3.50. The predicted molar refractivity (Wildman–Crippen MR) is 57.1 cm³/mol. The molecule has 1 rings (SSSR count). The van der Waals surface area contributed by atoms with Crippen molar-refractivity contribution in [3.8, 4) is 0 Å². The van der Waals surface area contributed by atoms with Crippen LogP contribution < -0.4 is 0 Å². The Balaban J connectivity index is 2.34. The van der Waals surface area contributed by atoms with Crippen molar-refractivity contribution in [2.24, 2.45) is 0 Å². The first-order valence-corrected chi connectivity index (χ1v) is 5.05. The minimum Gasteiger partial charge on any atom is -0.394 e. The first-order valence-electron chi connectivity index (χ1n) is 5.05. The fourth-order valence-corrected chi connectivity index (χ4v) is 1.51. The molecule has 2 atom stereocenters. The van der Waals surface area contributed by atoms with Crippen LogP contribution in [-0.2, 0) is 9.53 Å². The number of ether oxygens (including phenoxy) is 1. The Morgan fingerprint density at radius 3 is 2.80 bits per heavy atom. The number of hydrogen-bond acceptors (Lipinski definition) is 4. The minimum absolute atomic E-state index is 0.0306. The van der Waals surface area contributed by atoms with E-state index >= 15 is 0 Å². The van der Waals surface area contributed by atoms with E-state index in [4.69, 9.17) is 9.84 Å². The first kappa shape index (κ1) is 11.9. The molecule has 0 amide bonds. The molecule has 84 valence electrons. The van der Waals surface area contributed by atoms with Gasteiger partial charge in [-0.05, 0) is 25.0 Å². The van der Waals surface area contributed by atoms with Crippen LogP contribution in [0.5, 0.6) is 0 Å². The average Bonchev–Trinajstić information content (AvgIpc) is 2.72. The molecule has 1 aliphatic rings. The van der Waals surface area contributed by atoms with E-state index in [-0.39, 0.29) is 18.9 Å². The fourth-order valence-electron chi connectivity index (χ4n) is 1.51.